The Hall–Kier alpha value is -0.820. The summed E-state index contributed by atoms with van der Waals surface area (Å²) in [5.74, 6) is 1.03. The highest BCUT2D eigenvalue weighted by atomic mass is 14.9. The van der Waals surface area contributed by atoms with Crippen LogP contribution in [-0.2, 0) is 0 Å². The Kier molecular flexibility index (Phi) is 3.42. The molecule has 0 aromatic heterocycles. The molecule has 1 heteroatoms. The fourth-order valence-electron chi connectivity index (χ4n) is 1.88. The monoisotopic (exact) mass is 203 g/mol. The van der Waals surface area contributed by atoms with Crippen LogP contribution < -0.4 is 5.32 Å². The van der Waals surface area contributed by atoms with Crippen molar-refractivity contribution in [3.8, 4) is 0 Å². The minimum atomic E-state index is 0.490. The fourth-order valence-corrected chi connectivity index (χ4v) is 1.88. The average molecular weight is 203 g/mol. The van der Waals surface area contributed by atoms with Gasteiger partial charge < -0.3 is 5.32 Å². The maximum absolute atomic E-state index is 3.59. The van der Waals surface area contributed by atoms with E-state index in [0.717, 1.165) is 5.92 Å². The van der Waals surface area contributed by atoms with Gasteiger partial charge in [-0.3, -0.25) is 0 Å². The lowest BCUT2D eigenvalue weighted by Gasteiger charge is -2.14. The first-order chi connectivity index (χ1) is 7.25. The quantitative estimate of drug-likeness (QED) is 0.773. The third kappa shape index (κ3) is 3.35. The van der Waals surface area contributed by atoms with Crippen LogP contribution in [0, 0.1) is 12.8 Å². The predicted molar refractivity (Wildman–Crippen MR) is 64.9 cm³/mol. The summed E-state index contributed by atoms with van der Waals surface area (Å²) in [6, 6.07) is 9.32. The van der Waals surface area contributed by atoms with E-state index < -0.39 is 0 Å². The topological polar surface area (TPSA) is 12.0 Å². The van der Waals surface area contributed by atoms with Crippen LogP contribution in [0.25, 0.3) is 0 Å². The van der Waals surface area contributed by atoms with Crippen molar-refractivity contribution in [2.75, 3.05) is 6.54 Å². The van der Waals surface area contributed by atoms with Crippen molar-refractivity contribution in [1.29, 1.82) is 0 Å². The van der Waals surface area contributed by atoms with Gasteiger partial charge in [0.05, 0.1) is 0 Å². The minimum Gasteiger partial charge on any atom is -0.310 e. The summed E-state index contributed by atoms with van der Waals surface area (Å²) in [4.78, 5) is 0. The zero-order valence-corrected chi connectivity index (χ0v) is 9.79. The first kappa shape index (κ1) is 10.7. The Bertz CT molecular complexity index is 298. The zero-order valence-electron chi connectivity index (χ0n) is 9.79. The summed E-state index contributed by atoms with van der Waals surface area (Å²) in [6.45, 7) is 5.55. The molecule has 1 aliphatic rings. The molecule has 0 amide bonds. The number of rotatable bonds is 5. The standard InChI is InChI=1S/C14H21N/c1-11-3-7-14(8-4-11)12(2)15-10-9-13-5-6-13/h3-4,7-8,12-13,15H,5-6,9-10H2,1-2H3/t12-/m0/s1. The number of nitrogens with one attached hydrogen (secondary N) is 1. The van der Waals surface area contributed by atoms with Gasteiger partial charge in [0, 0.05) is 6.04 Å². The molecule has 0 unspecified atom stereocenters. The molecular formula is C14H21N. The van der Waals surface area contributed by atoms with E-state index in [4.69, 9.17) is 0 Å². The fraction of sp³-hybridized carbons (Fsp3) is 0.571. The van der Waals surface area contributed by atoms with E-state index in [1.165, 1.54) is 36.9 Å². The van der Waals surface area contributed by atoms with E-state index in [9.17, 15) is 0 Å². The van der Waals surface area contributed by atoms with E-state index in [1.54, 1.807) is 0 Å². The molecule has 1 aromatic rings. The average Bonchev–Trinajstić information content (AvgIpc) is 3.02. The molecule has 82 valence electrons. The second-order valence-electron chi connectivity index (χ2n) is 4.82. The van der Waals surface area contributed by atoms with Gasteiger partial charge in [0.15, 0.2) is 0 Å². The normalized spacial score (nSPS) is 17.7. The van der Waals surface area contributed by atoms with E-state index in [2.05, 4.69) is 43.4 Å². The Labute approximate surface area is 92.9 Å². The number of hydrogen-bond donors (Lipinski definition) is 1. The highest BCUT2D eigenvalue weighted by Gasteiger charge is 2.20. The molecule has 0 bridgehead atoms. The van der Waals surface area contributed by atoms with Gasteiger partial charge >= 0.3 is 0 Å². The van der Waals surface area contributed by atoms with Gasteiger partial charge in [-0.05, 0) is 38.3 Å². The molecule has 0 heterocycles. The minimum absolute atomic E-state index is 0.490. The van der Waals surface area contributed by atoms with Gasteiger partial charge in [-0.15, -0.1) is 0 Å². The van der Waals surface area contributed by atoms with Gasteiger partial charge in [-0.2, -0.15) is 0 Å². The van der Waals surface area contributed by atoms with Crippen LogP contribution in [0.2, 0.25) is 0 Å². The van der Waals surface area contributed by atoms with Crippen LogP contribution in [0.4, 0.5) is 0 Å². The maximum atomic E-state index is 3.59. The Morgan fingerprint density at radius 2 is 1.93 bits per heavy atom. The van der Waals surface area contributed by atoms with Crippen molar-refractivity contribution in [3.63, 3.8) is 0 Å². The largest absolute Gasteiger partial charge is 0.310 e. The van der Waals surface area contributed by atoms with Crippen LogP contribution in [0.15, 0.2) is 24.3 Å². The zero-order chi connectivity index (χ0) is 10.7. The highest BCUT2D eigenvalue weighted by Crippen LogP contribution is 2.31. The van der Waals surface area contributed by atoms with Crippen molar-refractivity contribution in [1.82, 2.24) is 5.32 Å². The van der Waals surface area contributed by atoms with Gasteiger partial charge in [0.2, 0.25) is 0 Å². The summed E-state index contributed by atoms with van der Waals surface area (Å²) < 4.78 is 0. The lowest BCUT2D eigenvalue weighted by atomic mass is 10.1. The Morgan fingerprint density at radius 1 is 1.27 bits per heavy atom. The SMILES string of the molecule is Cc1ccc([C@H](C)NCCC2CC2)cc1. The second kappa shape index (κ2) is 4.80. The molecule has 2 rings (SSSR count). The summed E-state index contributed by atoms with van der Waals surface area (Å²) in [7, 11) is 0. The molecule has 1 atom stereocenters. The molecule has 1 saturated carbocycles. The van der Waals surface area contributed by atoms with Crippen molar-refractivity contribution in [3.05, 3.63) is 35.4 Å². The van der Waals surface area contributed by atoms with Gasteiger partial charge in [0.25, 0.3) is 0 Å². The van der Waals surface area contributed by atoms with Gasteiger partial charge in [-0.25, -0.2) is 0 Å². The van der Waals surface area contributed by atoms with Crippen LogP contribution >= 0.6 is 0 Å². The molecule has 1 fully saturated rings. The van der Waals surface area contributed by atoms with E-state index in [-0.39, 0.29) is 0 Å². The summed E-state index contributed by atoms with van der Waals surface area (Å²) in [6.07, 6.45) is 4.28. The molecule has 0 radical (unpaired) electrons. The number of hydrogen-bond acceptors (Lipinski definition) is 1. The van der Waals surface area contributed by atoms with E-state index >= 15 is 0 Å². The van der Waals surface area contributed by atoms with Crippen molar-refractivity contribution in [2.45, 2.75) is 39.2 Å². The van der Waals surface area contributed by atoms with Crippen molar-refractivity contribution in [2.24, 2.45) is 5.92 Å². The maximum Gasteiger partial charge on any atom is 0.0291 e. The Morgan fingerprint density at radius 3 is 2.53 bits per heavy atom. The lowest BCUT2D eigenvalue weighted by molar-refractivity contribution is 0.539. The first-order valence-corrected chi connectivity index (χ1v) is 6.05. The molecule has 1 aromatic carbocycles. The van der Waals surface area contributed by atoms with Crippen molar-refractivity contribution < 1.29 is 0 Å². The van der Waals surface area contributed by atoms with Crippen LogP contribution in [0.3, 0.4) is 0 Å². The summed E-state index contributed by atoms with van der Waals surface area (Å²) >= 11 is 0. The lowest BCUT2D eigenvalue weighted by Crippen LogP contribution is -2.20. The van der Waals surface area contributed by atoms with E-state index in [0.29, 0.717) is 6.04 Å². The van der Waals surface area contributed by atoms with Crippen molar-refractivity contribution >= 4 is 0 Å². The summed E-state index contributed by atoms with van der Waals surface area (Å²) in [5.41, 5.74) is 2.74. The Balaban J connectivity index is 1.78. The third-order valence-corrected chi connectivity index (χ3v) is 3.28. The third-order valence-electron chi connectivity index (χ3n) is 3.28. The smallest absolute Gasteiger partial charge is 0.0291 e. The molecule has 0 saturated heterocycles. The van der Waals surface area contributed by atoms with Crippen LogP contribution in [0.5, 0.6) is 0 Å². The predicted octanol–water partition coefficient (Wildman–Crippen LogP) is 3.45. The molecule has 1 aliphatic carbocycles. The molecule has 15 heavy (non-hydrogen) atoms. The van der Waals surface area contributed by atoms with Crippen LogP contribution in [-0.4, -0.2) is 6.54 Å². The second-order valence-corrected chi connectivity index (χ2v) is 4.82. The van der Waals surface area contributed by atoms with Crippen LogP contribution in [0.1, 0.15) is 43.4 Å². The molecule has 1 N–H and O–H groups in total. The number of aryl methyl sites for hydroxylation is 1. The number of benzene rings is 1. The highest BCUT2D eigenvalue weighted by molar-refractivity contribution is 5.23. The van der Waals surface area contributed by atoms with E-state index in [1.807, 2.05) is 0 Å². The van der Waals surface area contributed by atoms with Gasteiger partial charge in [0.1, 0.15) is 0 Å². The van der Waals surface area contributed by atoms with Gasteiger partial charge in [-0.1, -0.05) is 42.7 Å². The molecule has 1 nitrogen and oxygen atoms in total. The molecule has 0 aliphatic heterocycles. The molecular weight excluding hydrogens is 182 g/mol. The first-order valence-electron chi connectivity index (χ1n) is 6.05. The molecule has 0 spiro atoms. The summed E-state index contributed by atoms with van der Waals surface area (Å²) in [5, 5.41) is 3.59.